The zero-order valence-electron chi connectivity index (χ0n) is 16.2. The van der Waals surface area contributed by atoms with E-state index >= 15 is 0 Å². The highest BCUT2D eigenvalue weighted by atomic mass is 35.5. The lowest BCUT2D eigenvalue weighted by Gasteiger charge is -2.13. The van der Waals surface area contributed by atoms with Gasteiger partial charge in [-0.1, -0.05) is 67.1 Å². The molecule has 0 aliphatic heterocycles. The molecule has 5 heteroatoms. The fourth-order valence-electron chi connectivity index (χ4n) is 3.02. The third kappa shape index (κ3) is 5.69. The summed E-state index contributed by atoms with van der Waals surface area (Å²) in [5.41, 5.74) is 3.87. The first-order valence-electron chi connectivity index (χ1n) is 9.59. The number of nitrogens with one attached hydrogen (secondary N) is 2. The molecule has 2 N–H and O–H groups in total. The molecule has 4 nitrogen and oxygen atoms in total. The van der Waals surface area contributed by atoms with Crippen molar-refractivity contribution in [3.8, 4) is 0 Å². The maximum atomic E-state index is 12.9. The molecule has 29 heavy (non-hydrogen) atoms. The zero-order valence-corrected chi connectivity index (χ0v) is 17.0. The fourth-order valence-corrected chi connectivity index (χ4v) is 3.19. The molecule has 0 fully saturated rings. The Hall–Kier alpha value is -3.11. The van der Waals surface area contributed by atoms with Crippen LogP contribution in [-0.4, -0.2) is 11.8 Å². The summed E-state index contributed by atoms with van der Waals surface area (Å²) in [5, 5.41) is 6.06. The first-order chi connectivity index (χ1) is 14.1. The summed E-state index contributed by atoms with van der Waals surface area (Å²) in [5.74, 6) is -0.328. The number of amides is 2. The van der Waals surface area contributed by atoms with Gasteiger partial charge in [0, 0.05) is 17.7 Å². The summed E-state index contributed by atoms with van der Waals surface area (Å²) >= 11 is 6.25. The van der Waals surface area contributed by atoms with E-state index in [1.165, 1.54) is 5.56 Å². The van der Waals surface area contributed by atoms with Crippen LogP contribution < -0.4 is 10.6 Å². The minimum atomic E-state index is -0.227. The van der Waals surface area contributed by atoms with Crippen LogP contribution >= 0.6 is 11.6 Å². The highest BCUT2D eigenvalue weighted by Gasteiger charge is 2.13. The van der Waals surface area contributed by atoms with E-state index < -0.39 is 0 Å². The second kappa shape index (κ2) is 9.89. The molecule has 0 aromatic heterocycles. The van der Waals surface area contributed by atoms with E-state index in [9.17, 15) is 9.59 Å². The van der Waals surface area contributed by atoms with Gasteiger partial charge in [-0.3, -0.25) is 9.59 Å². The molecular formula is C24H23ClN2O2. The van der Waals surface area contributed by atoms with Gasteiger partial charge in [-0.2, -0.15) is 0 Å². The number of benzene rings is 3. The monoisotopic (exact) mass is 406 g/mol. The van der Waals surface area contributed by atoms with Crippen molar-refractivity contribution in [2.24, 2.45) is 0 Å². The second-order valence-electron chi connectivity index (χ2n) is 6.69. The van der Waals surface area contributed by atoms with Crippen LogP contribution in [0.15, 0.2) is 72.8 Å². The number of hydrogen-bond donors (Lipinski definition) is 2. The Bertz CT molecular complexity index is 1000. The summed E-state index contributed by atoms with van der Waals surface area (Å²) in [6.07, 6.45) is 1.98. The standard InChI is InChI=1S/C24H23ClN2O2/c1-2-23(28)26-19-14-15-21(25)22(16-19)27-24(29)20-11-7-6-10-18(20)13-12-17-8-4-3-5-9-17/h3-11,14-16H,2,12-13H2,1H3,(H,26,28)(H,27,29). The minimum Gasteiger partial charge on any atom is -0.326 e. The van der Waals surface area contributed by atoms with E-state index in [-0.39, 0.29) is 11.8 Å². The van der Waals surface area contributed by atoms with Crippen LogP contribution in [0.4, 0.5) is 11.4 Å². The Morgan fingerprint density at radius 2 is 1.59 bits per heavy atom. The molecule has 2 amide bonds. The highest BCUT2D eigenvalue weighted by molar-refractivity contribution is 6.34. The molecule has 148 valence electrons. The molecule has 0 bridgehead atoms. The van der Waals surface area contributed by atoms with Crippen molar-refractivity contribution in [1.29, 1.82) is 0 Å². The third-order valence-electron chi connectivity index (χ3n) is 4.61. The molecule has 0 saturated carbocycles. The molecule has 3 aromatic carbocycles. The summed E-state index contributed by atoms with van der Waals surface area (Å²) in [6.45, 7) is 1.78. The van der Waals surface area contributed by atoms with Crippen LogP contribution in [0.5, 0.6) is 0 Å². The first kappa shape index (κ1) is 20.6. The van der Waals surface area contributed by atoms with E-state index in [0.717, 1.165) is 18.4 Å². The van der Waals surface area contributed by atoms with E-state index in [0.29, 0.717) is 28.4 Å². The van der Waals surface area contributed by atoms with Gasteiger partial charge >= 0.3 is 0 Å². The van der Waals surface area contributed by atoms with Crippen molar-refractivity contribution in [2.75, 3.05) is 10.6 Å². The minimum absolute atomic E-state index is 0.101. The molecule has 0 atom stereocenters. The summed E-state index contributed by atoms with van der Waals surface area (Å²) < 4.78 is 0. The molecule has 0 radical (unpaired) electrons. The summed E-state index contributed by atoms with van der Waals surface area (Å²) in [6, 6.07) is 22.8. The lowest BCUT2D eigenvalue weighted by molar-refractivity contribution is -0.115. The van der Waals surface area contributed by atoms with Crippen LogP contribution in [0, 0.1) is 0 Å². The quantitative estimate of drug-likeness (QED) is 0.526. The van der Waals surface area contributed by atoms with Gasteiger partial charge in [0.1, 0.15) is 0 Å². The van der Waals surface area contributed by atoms with Gasteiger partial charge in [-0.25, -0.2) is 0 Å². The molecular weight excluding hydrogens is 384 g/mol. The molecule has 0 aliphatic carbocycles. The molecule has 0 heterocycles. The van der Waals surface area contributed by atoms with E-state index in [2.05, 4.69) is 22.8 Å². The number of carbonyl (C=O) groups excluding carboxylic acids is 2. The van der Waals surface area contributed by atoms with Gasteiger partial charge in [0.2, 0.25) is 5.91 Å². The summed E-state index contributed by atoms with van der Waals surface area (Å²) in [7, 11) is 0. The predicted octanol–water partition coefficient (Wildman–Crippen LogP) is 5.73. The molecule has 0 aliphatic rings. The molecule has 3 rings (SSSR count). The molecule has 3 aromatic rings. The number of rotatable bonds is 7. The fraction of sp³-hybridized carbons (Fsp3) is 0.167. The van der Waals surface area contributed by atoms with Crippen LogP contribution in [0.2, 0.25) is 5.02 Å². The van der Waals surface area contributed by atoms with Gasteiger partial charge in [0.15, 0.2) is 0 Å². The van der Waals surface area contributed by atoms with Crippen LogP contribution in [-0.2, 0) is 17.6 Å². The predicted molar refractivity (Wildman–Crippen MR) is 119 cm³/mol. The van der Waals surface area contributed by atoms with Crippen molar-refractivity contribution >= 4 is 34.8 Å². The van der Waals surface area contributed by atoms with Crippen molar-refractivity contribution in [3.63, 3.8) is 0 Å². The Balaban J connectivity index is 1.76. The molecule has 0 spiro atoms. The van der Waals surface area contributed by atoms with E-state index in [1.807, 2.05) is 42.5 Å². The smallest absolute Gasteiger partial charge is 0.255 e. The Kier molecular flexibility index (Phi) is 7.04. The van der Waals surface area contributed by atoms with Crippen LogP contribution in [0.3, 0.4) is 0 Å². The maximum absolute atomic E-state index is 12.9. The van der Waals surface area contributed by atoms with Gasteiger partial charge < -0.3 is 10.6 Å². The average molecular weight is 407 g/mol. The summed E-state index contributed by atoms with van der Waals surface area (Å²) in [4.78, 5) is 24.6. The first-order valence-corrected chi connectivity index (χ1v) is 9.97. The van der Waals surface area contributed by atoms with Gasteiger partial charge in [0.25, 0.3) is 5.91 Å². The third-order valence-corrected chi connectivity index (χ3v) is 4.94. The van der Waals surface area contributed by atoms with Crippen molar-refractivity contribution in [1.82, 2.24) is 0 Å². The number of anilines is 2. The highest BCUT2D eigenvalue weighted by Crippen LogP contribution is 2.26. The number of halogens is 1. The maximum Gasteiger partial charge on any atom is 0.255 e. The largest absolute Gasteiger partial charge is 0.326 e. The van der Waals surface area contributed by atoms with Gasteiger partial charge in [-0.15, -0.1) is 0 Å². The van der Waals surface area contributed by atoms with Crippen molar-refractivity contribution in [3.05, 3.63) is 94.5 Å². The second-order valence-corrected chi connectivity index (χ2v) is 7.10. The number of carbonyl (C=O) groups is 2. The SMILES string of the molecule is CCC(=O)Nc1ccc(Cl)c(NC(=O)c2ccccc2CCc2ccccc2)c1. The van der Waals surface area contributed by atoms with E-state index in [4.69, 9.17) is 11.6 Å². The van der Waals surface area contributed by atoms with Gasteiger partial charge in [-0.05, 0) is 48.2 Å². The lowest BCUT2D eigenvalue weighted by atomic mass is 9.99. The molecule has 0 unspecified atom stereocenters. The Morgan fingerprint density at radius 1 is 0.862 bits per heavy atom. The van der Waals surface area contributed by atoms with Crippen molar-refractivity contribution < 1.29 is 9.59 Å². The Morgan fingerprint density at radius 3 is 2.34 bits per heavy atom. The van der Waals surface area contributed by atoms with Crippen molar-refractivity contribution in [2.45, 2.75) is 26.2 Å². The number of aryl methyl sites for hydroxylation is 2. The average Bonchev–Trinajstić information content (AvgIpc) is 2.75. The van der Waals surface area contributed by atoms with E-state index in [1.54, 1.807) is 25.1 Å². The van der Waals surface area contributed by atoms with Crippen LogP contribution in [0.1, 0.15) is 34.8 Å². The topological polar surface area (TPSA) is 58.2 Å². The Labute approximate surface area is 175 Å². The lowest BCUT2D eigenvalue weighted by Crippen LogP contribution is -2.15. The zero-order chi connectivity index (χ0) is 20.6. The number of hydrogen-bond acceptors (Lipinski definition) is 2. The normalized spacial score (nSPS) is 10.4. The van der Waals surface area contributed by atoms with Crippen LogP contribution in [0.25, 0.3) is 0 Å². The molecule has 0 saturated heterocycles. The van der Waals surface area contributed by atoms with Gasteiger partial charge in [0.05, 0.1) is 10.7 Å².